The summed E-state index contributed by atoms with van der Waals surface area (Å²) in [4.78, 5) is 0. The molecule has 0 N–H and O–H groups in total. The summed E-state index contributed by atoms with van der Waals surface area (Å²) in [6.45, 7) is 14.0. The number of halogens is 4. The maximum atomic E-state index is 18.5. The summed E-state index contributed by atoms with van der Waals surface area (Å²) < 4.78 is 75.8. The Labute approximate surface area is 353 Å². The lowest BCUT2D eigenvalue weighted by Gasteiger charge is -2.67. The molecule has 0 amide bonds. The molecule has 9 aliphatic carbocycles. The first-order valence-electron chi connectivity index (χ1n) is 23.7. The van der Waals surface area contributed by atoms with E-state index in [1.807, 2.05) is 20.1 Å². The molecule has 0 radical (unpaired) electrons. The van der Waals surface area contributed by atoms with E-state index in [-0.39, 0.29) is 45.3 Å². The van der Waals surface area contributed by atoms with Crippen molar-refractivity contribution < 1.29 is 22.3 Å². The number of ether oxygens (including phenoxy) is 1. The molecule has 1 atom stereocenters. The minimum atomic E-state index is -2.32. The van der Waals surface area contributed by atoms with E-state index < -0.39 is 37.0 Å². The van der Waals surface area contributed by atoms with Gasteiger partial charge in [0.15, 0.2) is 17.3 Å². The maximum Gasteiger partial charge on any atom is 0.167 e. The zero-order valence-corrected chi connectivity index (χ0v) is 37.9. The highest BCUT2D eigenvalue weighted by atomic mass is 31.1. The molecule has 8 bridgehead atoms. The van der Waals surface area contributed by atoms with Gasteiger partial charge in [-0.1, -0.05) is 81.0 Å². The molecule has 0 spiro atoms. The molecule has 0 heterocycles. The first-order valence-corrected chi connectivity index (χ1v) is 25.1. The number of benzene rings is 3. The Bertz CT molecular complexity index is 2070. The molecule has 12 rings (SSSR count). The molecule has 8 saturated carbocycles. The number of rotatable bonds is 11. The summed E-state index contributed by atoms with van der Waals surface area (Å²) in [5, 5.41) is 1.88. The minimum Gasteiger partial charge on any atom is -0.496 e. The van der Waals surface area contributed by atoms with Crippen LogP contribution in [0.15, 0.2) is 24.3 Å². The Kier molecular flexibility index (Phi) is 9.87. The van der Waals surface area contributed by atoms with Crippen molar-refractivity contribution in [2.75, 3.05) is 7.11 Å². The van der Waals surface area contributed by atoms with E-state index in [1.165, 1.54) is 82.4 Å². The Morgan fingerprint density at radius 1 is 0.695 bits per heavy atom. The van der Waals surface area contributed by atoms with Crippen LogP contribution in [0.1, 0.15) is 178 Å². The van der Waals surface area contributed by atoms with Crippen LogP contribution in [-0.2, 0) is 12.1 Å². The number of hydrogen-bond acceptors (Lipinski definition) is 1. The summed E-state index contributed by atoms with van der Waals surface area (Å²) in [5.41, 5.74) is 1.57. The van der Waals surface area contributed by atoms with Gasteiger partial charge in [0.2, 0.25) is 0 Å². The van der Waals surface area contributed by atoms with Crippen molar-refractivity contribution in [2.45, 2.75) is 173 Å². The average molecular weight is 827 g/mol. The lowest BCUT2D eigenvalue weighted by atomic mass is 9.55. The Morgan fingerprint density at radius 2 is 1.22 bits per heavy atom. The van der Waals surface area contributed by atoms with Crippen molar-refractivity contribution in [1.82, 2.24) is 0 Å². The summed E-state index contributed by atoms with van der Waals surface area (Å²) in [6.07, 6.45) is 17.5. The van der Waals surface area contributed by atoms with Gasteiger partial charge in [0, 0.05) is 27.6 Å². The third-order valence-electron chi connectivity index (χ3n) is 17.3. The third kappa shape index (κ3) is 5.83. The second-order valence-electron chi connectivity index (χ2n) is 22.1. The molecule has 0 aliphatic heterocycles. The van der Waals surface area contributed by atoms with Crippen LogP contribution in [0.2, 0.25) is 0 Å². The normalized spacial score (nSPS) is 34.1. The second-order valence-corrected chi connectivity index (χ2v) is 25.1. The highest BCUT2D eigenvalue weighted by Gasteiger charge is 2.64. The molecule has 3 aromatic rings. The van der Waals surface area contributed by atoms with Crippen molar-refractivity contribution in [3.8, 4) is 28.0 Å². The Hall–Kier alpha value is -2.39. The highest BCUT2D eigenvalue weighted by Crippen LogP contribution is 2.79. The molecule has 1 unspecified atom stereocenters. The first kappa shape index (κ1) is 40.7. The van der Waals surface area contributed by atoms with Gasteiger partial charge in [-0.2, -0.15) is 0 Å². The number of methoxy groups -OCH3 is 1. The average Bonchev–Trinajstić information content (AvgIpc) is 3.44. The van der Waals surface area contributed by atoms with Crippen LogP contribution in [0.5, 0.6) is 5.75 Å². The predicted molar refractivity (Wildman–Crippen MR) is 236 cm³/mol. The van der Waals surface area contributed by atoms with Crippen molar-refractivity contribution in [1.29, 1.82) is 0 Å². The van der Waals surface area contributed by atoms with E-state index in [0.29, 0.717) is 24.0 Å². The molecule has 318 valence electrons. The van der Waals surface area contributed by atoms with Crippen LogP contribution in [-0.4, -0.2) is 17.4 Å². The molecule has 8 fully saturated rings. The third-order valence-corrected chi connectivity index (χ3v) is 21.2. The number of fused-ring (bicyclic) bond motifs is 3. The zero-order valence-electron chi connectivity index (χ0n) is 37.0. The van der Waals surface area contributed by atoms with Gasteiger partial charge in [-0.15, -0.1) is 0 Å². The number of hydrogen-bond donors (Lipinski definition) is 0. The van der Waals surface area contributed by atoms with Crippen molar-refractivity contribution in [3.63, 3.8) is 0 Å². The summed E-state index contributed by atoms with van der Waals surface area (Å²) in [5.74, 6) is 1.71. The number of alkyl halides is 1. The zero-order chi connectivity index (χ0) is 41.5. The Morgan fingerprint density at radius 3 is 1.66 bits per heavy atom. The van der Waals surface area contributed by atoms with Crippen LogP contribution in [0, 0.1) is 58.9 Å². The number of unbranched alkanes of at least 4 members (excludes halogenated alkanes) is 1. The van der Waals surface area contributed by atoms with Gasteiger partial charge in [0.05, 0.1) is 7.11 Å². The lowest BCUT2D eigenvalue weighted by molar-refractivity contribution is 0.0195. The van der Waals surface area contributed by atoms with Crippen LogP contribution in [0.4, 0.5) is 17.6 Å². The monoisotopic (exact) mass is 826 g/mol. The second kappa shape index (κ2) is 14.3. The maximum absolute atomic E-state index is 18.5. The van der Waals surface area contributed by atoms with E-state index in [9.17, 15) is 0 Å². The summed E-state index contributed by atoms with van der Waals surface area (Å²) in [7, 11) is 1.10. The molecule has 6 heteroatoms. The molecular weight excluding hydrogens is 760 g/mol. The van der Waals surface area contributed by atoms with Crippen LogP contribution < -0.4 is 10.0 Å². The fourth-order valence-electron chi connectivity index (χ4n) is 16.0. The van der Waals surface area contributed by atoms with Gasteiger partial charge in [0.1, 0.15) is 11.6 Å². The molecule has 0 aromatic heterocycles. The van der Waals surface area contributed by atoms with E-state index in [2.05, 4.69) is 45.9 Å². The molecule has 59 heavy (non-hydrogen) atoms. The van der Waals surface area contributed by atoms with Gasteiger partial charge < -0.3 is 4.74 Å². The minimum absolute atomic E-state index is 0.0103. The molecule has 1 nitrogen and oxygen atoms in total. The highest BCUT2D eigenvalue weighted by molar-refractivity contribution is 7.69. The van der Waals surface area contributed by atoms with Crippen LogP contribution in [0.3, 0.4) is 0 Å². The van der Waals surface area contributed by atoms with Gasteiger partial charge >= 0.3 is 0 Å². The van der Waals surface area contributed by atoms with E-state index in [0.717, 1.165) is 63.5 Å². The van der Waals surface area contributed by atoms with Gasteiger partial charge in [-0.3, -0.25) is 0 Å². The largest absolute Gasteiger partial charge is 0.496 e. The van der Waals surface area contributed by atoms with Crippen LogP contribution >= 0.6 is 7.92 Å². The van der Waals surface area contributed by atoms with Crippen LogP contribution in [0.25, 0.3) is 22.3 Å². The van der Waals surface area contributed by atoms with Gasteiger partial charge in [-0.25, -0.2) is 17.6 Å². The van der Waals surface area contributed by atoms with E-state index in [1.54, 1.807) is 13.8 Å². The van der Waals surface area contributed by atoms with Gasteiger partial charge in [0.25, 0.3) is 0 Å². The summed E-state index contributed by atoms with van der Waals surface area (Å²) in [6, 6.07) is 8.60. The Balaban J connectivity index is 1.30. The molecule has 3 aromatic carbocycles. The quantitative estimate of drug-likeness (QED) is 0.106. The molecule has 9 aliphatic rings. The van der Waals surface area contributed by atoms with E-state index in [4.69, 9.17) is 4.74 Å². The first-order chi connectivity index (χ1) is 28.1. The van der Waals surface area contributed by atoms with Crippen molar-refractivity contribution >= 4 is 13.2 Å². The van der Waals surface area contributed by atoms with Crippen molar-refractivity contribution in [2.24, 2.45) is 41.4 Å². The SMILES string of the molecule is CCCCc1c(F)c(F)c2c(c1F)C(F)(C(C)C)c1cc(C(C)C)c(-c3cccc(OC)c3P(C34CC5CC(CC(C5)C3)C4)C34CC5CC(CC(C5)C3)C4)c(C(C)C)c1-2. The molecular formula is C53H67F4OP. The molecule has 0 saturated heterocycles. The van der Waals surface area contributed by atoms with Gasteiger partial charge in [-0.05, 0) is 187 Å². The fraction of sp³-hybridized carbons (Fsp3) is 0.660. The topological polar surface area (TPSA) is 9.23 Å². The summed E-state index contributed by atoms with van der Waals surface area (Å²) >= 11 is 0. The standard InChI is InChI=1S/C53H67F4OP/c1-9-10-12-38-47(54)46-45(49(56)48(38)55)44-40(53(46,57)30(6)7)21-39(28(2)3)43(42(44)29(4)5)37-13-11-14-41(58-8)50(37)59(51-22-31-15-32(23-51)17-33(16-31)24-51)52-25-34-18-35(26-52)20-36(19-34)27-52/h11,13-14,21,28-36H,9-10,12,15-20,22-27H2,1-8H3. The smallest absolute Gasteiger partial charge is 0.167 e. The van der Waals surface area contributed by atoms with Crippen molar-refractivity contribution in [3.05, 3.63) is 69.5 Å². The fourth-order valence-corrected chi connectivity index (χ4v) is 21.4. The lowest BCUT2D eigenvalue weighted by Crippen LogP contribution is -2.58. The van der Waals surface area contributed by atoms with E-state index >= 15 is 17.6 Å². The predicted octanol–water partition coefficient (Wildman–Crippen LogP) is 15.3.